The Morgan fingerprint density at radius 1 is 1.20 bits per heavy atom. The van der Waals surface area contributed by atoms with Gasteiger partial charge in [0, 0.05) is 12.4 Å². The monoisotopic (exact) mass is 427 g/mol. The van der Waals surface area contributed by atoms with Gasteiger partial charge >= 0.3 is 18.2 Å². The number of likely N-dealkylation sites (tertiary alicyclic amines) is 1. The number of pyridine rings is 1. The molecule has 164 valence electrons. The van der Waals surface area contributed by atoms with Gasteiger partial charge in [0.15, 0.2) is 6.04 Å². The van der Waals surface area contributed by atoms with Gasteiger partial charge in [-0.2, -0.15) is 13.2 Å². The van der Waals surface area contributed by atoms with Crippen LogP contribution in [-0.4, -0.2) is 51.2 Å². The molecule has 0 radical (unpaired) electrons. The van der Waals surface area contributed by atoms with Crippen LogP contribution in [-0.2, 0) is 16.0 Å². The van der Waals surface area contributed by atoms with Crippen molar-refractivity contribution in [2.75, 3.05) is 0 Å². The number of aromatic nitrogens is 1. The summed E-state index contributed by atoms with van der Waals surface area (Å²) in [5.41, 5.74) is 0.847. The first kappa shape index (κ1) is 22.0. The molecule has 30 heavy (non-hydrogen) atoms. The molecule has 3 atom stereocenters. The lowest BCUT2D eigenvalue weighted by atomic mass is 9.82. The van der Waals surface area contributed by atoms with Gasteiger partial charge < -0.3 is 10.4 Å². The lowest BCUT2D eigenvalue weighted by molar-refractivity contribution is -0.173. The zero-order valence-corrected chi connectivity index (χ0v) is 16.3. The summed E-state index contributed by atoms with van der Waals surface area (Å²) in [6, 6.07) is -1.41. The molecule has 1 unspecified atom stereocenters. The largest absolute Gasteiger partial charge is 0.480 e. The molecular formula is C20H24F3N3O4. The van der Waals surface area contributed by atoms with Crippen LogP contribution in [0.5, 0.6) is 0 Å². The van der Waals surface area contributed by atoms with Gasteiger partial charge in [0.2, 0.25) is 5.91 Å². The summed E-state index contributed by atoms with van der Waals surface area (Å²) < 4.78 is 40.6. The highest BCUT2D eigenvalue weighted by molar-refractivity contribution is 6.07. The maximum absolute atomic E-state index is 13.5. The van der Waals surface area contributed by atoms with E-state index < -0.39 is 48.0 Å². The molecule has 2 aliphatic rings. The zero-order chi connectivity index (χ0) is 21.9. The predicted octanol–water partition coefficient (Wildman–Crippen LogP) is 3.15. The van der Waals surface area contributed by atoms with Crippen molar-refractivity contribution in [3.63, 3.8) is 0 Å². The van der Waals surface area contributed by atoms with Crippen LogP contribution in [0.4, 0.5) is 18.0 Å². The first-order valence-corrected chi connectivity index (χ1v) is 10.0. The Labute approximate surface area is 171 Å². The van der Waals surface area contributed by atoms with Gasteiger partial charge in [-0.3, -0.25) is 9.78 Å². The maximum atomic E-state index is 13.5. The van der Waals surface area contributed by atoms with Crippen molar-refractivity contribution < 1.29 is 32.7 Å². The van der Waals surface area contributed by atoms with E-state index in [1.807, 2.05) is 5.32 Å². The second-order valence-corrected chi connectivity index (χ2v) is 7.86. The van der Waals surface area contributed by atoms with Crippen molar-refractivity contribution in [2.45, 2.75) is 63.2 Å². The minimum absolute atomic E-state index is 0.176. The highest BCUT2D eigenvalue weighted by Crippen LogP contribution is 2.36. The van der Waals surface area contributed by atoms with Crippen LogP contribution in [0.2, 0.25) is 0 Å². The molecule has 0 bridgehead atoms. The number of alkyl halides is 3. The van der Waals surface area contributed by atoms with Crippen LogP contribution in [0.15, 0.2) is 24.5 Å². The Balaban J connectivity index is 1.68. The van der Waals surface area contributed by atoms with Crippen LogP contribution >= 0.6 is 0 Å². The lowest BCUT2D eigenvalue weighted by Gasteiger charge is -2.44. The molecule has 0 aromatic carbocycles. The van der Waals surface area contributed by atoms with E-state index in [1.165, 1.54) is 0 Å². The zero-order valence-electron chi connectivity index (χ0n) is 16.3. The molecule has 2 fully saturated rings. The fourth-order valence-electron chi connectivity index (χ4n) is 4.35. The molecule has 7 nitrogen and oxygen atoms in total. The van der Waals surface area contributed by atoms with E-state index in [9.17, 15) is 32.7 Å². The number of carboxylic acids is 1. The molecule has 3 amide bonds. The van der Waals surface area contributed by atoms with Gasteiger partial charge in [-0.15, -0.1) is 0 Å². The van der Waals surface area contributed by atoms with E-state index in [-0.39, 0.29) is 6.42 Å². The van der Waals surface area contributed by atoms with E-state index in [1.54, 1.807) is 24.5 Å². The Morgan fingerprint density at radius 2 is 1.83 bits per heavy atom. The summed E-state index contributed by atoms with van der Waals surface area (Å²) in [6.45, 7) is 0. The van der Waals surface area contributed by atoms with E-state index in [0.717, 1.165) is 12.0 Å². The van der Waals surface area contributed by atoms with Gasteiger partial charge in [-0.25, -0.2) is 14.5 Å². The van der Waals surface area contributed by atoms with Crippen LogP contribution in [0.3, 0.4) is 0 Å². The Bertz CT molecular complexity index is 781. The fourth-order valence-corrected chi connectivity index (χ4v) is 4.35. The summed E-state index contributed by atoms with van der Waals surface area (Å²) in [6.07, 6.45) is 1.81. The second kappa shape index (κ2) is 9.01. The molecule has 1 aromatic heterocycles. The molecule has 1 saturated carbocycles. The number of nitrogens with zero attached hydrogens (tertiary/aromatic N) is 2. The number of imide groups is 1. The highest BCUT2D eigenvalue weighted by atomic mass is 19.4. The Hall–Kier alpha value is -2.65. The summed E-state index contributed by atoms with van der Waals surface area (Å²) in [5, 5.41) is 11.4. The third kappa shape index (κ3) is 4.73. The van der Waals surface area contributed by atoms with Crippen LogP contribution in [0, 0.1) is 11.8 Å². The topological polar surface area (TPSA) is 99.6 Å². The number of carbonyl (C=O) groups excluding carboxylic acids is 2. The smallest absolute Gasteiger partial charge is 0.408 e. The number of β-lactam (4-membered cyclic amide) rings is 1. The van der Waals surface area contributed by atoms with E-state index >= 15 is 0 Å². The number of aliphatic carboxylic acids is 1. The quantitative estimate of drug-likeness (QED) is 0.680. The SMILES string of the molecule is O=C(O)[C@@H]1[C@@H](CCc2ccncc2)C(=O)N1C(=O)NC(C1CCCCC1)C(F)(F)F. The summed E-state index contributed by atoms with van der Waals surface area (Å²) in [7, 11) is 0. The Kier molecular flexibility index (Phi) is 6.62. The molecule has 1 aliphatic heterocycles. The molecule has 1 aromatic rings. The summed E-state index contributed by atoms with van der Waals surface area (Å²) >= 11 is 0. The summed E-state index contributed by atoms with van der Waals surface area (Å²) in [4.78, 5) is 40.9. The number of halogens is 3. The van der Waals surface area contributed by atoms with E-state index in [4.69, 9.17) is 0 Å². The highest BCUT2D eigenvalue weighted by Gasteiger charge is 2.56. The number of amides is 3. The van der Waals surface area contributed by atoms with Crippen molar-refractivity contribution in [1.29, 1.82) is 0 Å². The average Bonchev–Trinajstić information content (AvgIpc) is 2.70. The van der Waals surface area contributed by atoms with E-state index in [2.05, 4.69) is 4.98 Å². The Morgan fingerprint density at radius 3 is 2.40 bits per heavy atom. The second-order valence-electron chi connectivity index (χ2n) is 7.86. The molecule has 10 heteroatoms. The molecule has 1 saturated heterocycles. The van der Waals surface area contributed by atoms with Crippen molar-refractivity contribution in [2.24, 2.45) is 11.8 Å². The van der Waals surface area contributed by atoms with Gasteiger partial charge in [-0.05, 0) is 49.3 Å². The van der Waals surface area contributed by atoms with Crippen molar-refractivity contribution >= 4 is 17.9 Å². The number of hydrogen-bond donors (Lipinski definition) is 2. The molecule has 2 N–H and O–H groups in total. The van der Waals surface area contributed by atoms with Gasteiger partial charge in [0.25, 0.3) is 0 Å². The number of aryl methyl sites for hydroxylation is 1. The van der Waals surface area contributed by atoms with E-state index in [0.29, 0.717) is 37.0 Å². The number of urea groups is 1. The number of rotatable bonds is 6. The van der Waals surface area contributed by atoms with Gasteiger partial charge in [-0.1, -0.05) is 19.3 Å². The predicted molar refractivity (Wildman–Crippen MR) is 99.3 cm³/mol. The molecular weight excluding hydrogens is 403 g/mol. The fraction of sp³-hybridized carbons (Fsp3) is 0.600. The van der Waals surface area contributed by atoms with Crippen LogP contribution in [0.25, 0.3) is 0 Å². The normalized spacial score (nSPS) is 23.6. The molecule has 0 spiro atoms. The lowest BCUT2D eigenvalue weighted by Crippen LogP contribution is -2.69. The molecule has 3 rings (SSSR count). The number of carboxylic acid groups (broad SMARTS) is 1. The minimum atomic E-state index is -4.68. The van der Waals surface area contributed by atoms with Crippen molar-refractivity contribution in [3.8, 4) is 0 Å². The van der Waals surface area contributed by atoms with Crippen LogP contribution < -0.4 is 5.32 Å². The number of carbonyl (C=O) groups is 3. The maximum Gasteiger partial charge on any atom is 0.408 e. The van der Waals surface area contributed by atoms with Gasteiger partial charge in [0.1, 0.15) is 6.04 Å². The van der Waals surface area contributed by atoms with Crippen molar-refractivity contribution in [3.05, 3.63) is 30.1 Å². The first-order chi connectivity index (χ1) is 14.2. The molecule has 1 aliphatic carbocycles. The standard InChI is InChI=1S/C20H24F3N3O4/c21-20(22,23)16(13-4-2-1-3-5-13)25-19(30)26-15(18(28)29)14(17(26)27)7-6-12-8-10-24-11-9-12/h8-11,13-16H,1-7H2,(H,25,30)(H,28,29)/t14-,15+,16?/m1/s1. The van der Waals surface area contributed by atoms with Crippen molar-refractivity contribution in [1.82, 2.24) is 15.2 Å². The molecule has 2 heterocycles. The number of hydrogen-bond acceptors (Lipinski definition) is 4. The third-order valence-corrected chi connectivity index (χ3v) is 5.93. The van der Waals surface area contributed by atoms with Crippen LogP contribution in [0.1, 0.15) is 44.1 Å². The first-order valence-electron chi connectivity index (χ1n) is 10.0. The number of nitrogens with one attached hydrogen (secondary N) is 1. The minimum Gasteiger partial charge on any atom is -0.480 e. The average molecular weight is 427 g/mol. The third-order valence-electron chi connectivity index (χ3n) is 5.93. The van der Waals surface area contributed by atoms with Gasteiger partial charge in [0.05, 0.1) is 5.92 Å². The summed E-state index contributed by atoms with van der Waals surface area (Å²) in [5.74, 6) is -3.91.